The number of amides is 2. The lowest BCUT2D eigenvalue weighted by Gasteiger charge is -2.13. The van der Waals surface area contributed by atoms with Gasteiger partial charge in [0, 0.05) is 17.2 Å². The molecule has 1 aromatic heterocycles. The molecule has 32 heavy (non-hydrogen) atoms. The average Bonchev–Trinajstić information content (AvgIpc) is 3.34. The summed E-state index contributed by atoms with van der Waals surface area (Å²) in [4.78, 5) is 37.1. The third-order valence-corrected chi connectivity index (χ3v) is 5.80. The number of halogens is 1. The maximum atomic E-state index is 12.8. The molecule has 1 saturated heterocycles. The first-order valence-electron chi connectivity index (χ1n) is 9.15. The van der Waals surface area contributed by atoms with E-state index in [0.29, 0.717) is 11.1 Å². The van der Waals surface area contributed by atoms with Crippen LogP contribution in [0, 0.1) is 21.4 Å². The zero-order valence-electron chi connectivity index (χ0n) is 16.1. The van der Waals surface area contributed by atoms with Crippen LogP contribution >= 0.6 is 23.4 Å². The van der Waals surface area contributed by atoms with Crippen LogP contribution < -0.4 is 0 Å². The van der Waals surface area contributed by atoms with Crippen molar-refractivity contribution >= 4 is 46.3 Å². The summed E-state index contributed by atoms with van der Waals surface area (Å²) in [6, 6.07) is 16.1. The predicted molar refractivity (Wildman–Crippen MR) is 118 cm³/mol. The number of benzene rings is 2. The molecule has 2 aromatic carbocycles. The SMILES string of the molecule is N#Cc1ccccc1CN1C(=O)S/C(=C/c2ccc(-c3ccc(Cl)cc3[N+](=O)[O-])o2)C1=O. The summed E-state index contributed by atoms with van der Waals surface area (Å²) in [5.41, 5.74) is 0.972. The minimum Gasteiger partial charge on any atom is -0.456 e. The van der Waals surface area contributed by atoms with E-state index >= 15 is 0 Å². The van der Waals surface area contributed by atoms with Gasteiger partial charge in [0.15, 0.2) is 0 Å². The molecule has 0 N–H and O–H groups in total. The molecule has 3 aromatic rings. The Morgan fingerprint density at radius 3 is 2.72 bits per heavy atom. The standard InChI is InChI=1S/C22H12ClN3O5S/c23-15-5-7-17(18(9-15)26(29)30)19-8-6-16(31-19)10-20-21(27)25(22(28)32-20)12-14-4-2-1-3-13(14)11-24/h1-10H,12H2/b20-10+. The topological polar surface area (TPSA) is 117 Å². The molecule has 8 nitrogen and oxygen atoms in total. The van der Waals surface area contributed by atoms with E-state index in [1.165, 1.54) is 30.3 Å². The van der Waals surface area contributed by atoms with Crippen LogP contribution in [0.2, 0.25) is 5.02 Å². The number of thioether (sulfide) groups is 1. The Balaban J connectivity index is 1.59. The first-order valence-corrected chi connectivity index (χ1v) is 10.3. The van der Waals surface area contributed by atoms with Crippen LogP contribution in [0.5, 0.6) is 0 Å². The van der Waals surface area contributed by atoms with Crippen molar-refractivity contribution in [2.45, 2.75) is 6.54 Å². The van der Waals surface area contributed by atoms with Gasteiger partial charge in [-0.3, -0.25) is 24.6 Å². The molecule has 1 aliphatic heterocycles. The molecule has 1 fully saturated rings. The summed E-state index contributed by atoms with van der Waals surface area (Å²) in [5.74, 6) is -0.0304. The quantitative estimate of drug-likeness (QED) is 0.272. The minimum absolute atomic E-state index is 0.0217. The number of nitro benzene ring substituents is 1. The third kappa shape index (κ3) is 4.14. The number of imide groups is 1. The Labute approximate surface area is 190 Å². The van der Waals surface area contributed by atoms with Gasteiger partial charge in [-0.1, -0.05) is 29.8 Å². The lowest BCUT2D eigenvalue weighted by Crippen LogP contribution is -2.27. The van der Waals surface area contributed by atoms with Gasteiger partial charge in [-0.25, -0.2) is 0 Å². The van der Waals surface area contributed by atoms with Crippen LogP contribution in [0.25, 0.3) is 17.4 Å². The van der Waals surface area contributed by atoms with Crippen molar-refractivity contribution in [3.05, 3.63) is 91.5 Å². The third-order valence-electron chi connectivity index (χ3n) is 4.66. The molecule has 0 unspecified atom stereocenters. The molecule has 158 valence electrons. The Hall–Kier alpha value is -3.87. The Morgan fingerprint density at radius 1 is 1.19 bits per heavy atom. The van der Waals surface area contributed by atoms with E-state index in [0.717, 1.165) is 16.7 Å². The number of carbonyl (C=O) groups excluding carboxylic acids is 2. The van der Waals surface area contributed by atoms with Crippen molar-refractivity contribution in [2.75, 3.05) is 0 Å². The second-order valence-electron chi connectivity index (χ2n) is 6.66. The van der Waals surface area contributed by atoms with Gasteiger partial charge in [0.25, 0.3) is 16.8 Å². The monoisotopic (exact) mass is 465 g/mol. The van der Waals surface area contributed by atoms with Gasteiger partial charge in [0.1, 0.15) is 11.5 Å². The van der Waals surface area contributed by atoms with Crippen LogP contribution in [0.3, 0.4) is 0 Å². The van der Waals surface area contributed by atoms with Crippen LogP contribution in [-0.2, 0) is 11.3 Å². The zero-order valence-corrected chi connectivity index (χ0v) is 17.7. The fourth-order valence-corrected chi connectivity index (χ4v) is 4.13. The number of rotatable bonds is 5. The highest BCUT2D eigenvalue weighted by atomic mass is 35.5. The Kier molecular flexibility index (Phi) is 5.81. The molecular formula is C22H12ClN3O5S. The summed E-state index contributed by atoms with van der Waals surface area (Å²) in [5, 5.41) is 20.3. The van der Waals surface area contributed by atoms with E-state index in [-0.39, 0.29) is 39.2 Å². The van der Waals surface area contributed by atoms with Gasteiger partial charge in [-0.05, 0) is 47.7 Å². The van der Waals surface area contributed by atoms with Crippen LogP contribution in [-0.4, -0.2) is 21.0 Å². The van der Waals surface area contributed by atoms with Gasteiger partial charge in [0.05, 0.1) is 33.6 Å². The molecule has 4 rings (SSSR count). The summed E-state index contributed by atoms with van der Waals surface area (Å²) in [6.45, 7) is -0.0217. The normalized spacial score (nSPS) is 14.8. The molecule has 1 aliphatic rings. The summed E-state index contributed by atoms with van der Waals surface area (Å²) in [7, 11) is 0. The lowest BCUT2D eigenvalue weighted by molar-refractivity contribution is -0.384. The summed E-state index contributed by atoms with van der Waals surface area (Å²) >= 11 is 6.60. The first-order chi connectivity index (χ1) is 15.4. The highest BCUT2D eigenvalue weighted by Gasteiger charge is 2.35. The molecular weight excluding hydrogens is 454 g/mol. The van der Waals surface area contributed by atoms with Crippen LogP contribution in [0.1, 0.15) is 16.9 Å². The van der Waals surface area contributed by atoms with Gasteiger partial charge in [-0.2, -0.15) is 5.26 Å². The molecule has 0 radical (unpaired) electrons. The van der Waals surface area contributed by atoms with Crippen molar-refractivity contribution in [3.63, 3.8) is 0 Å². The van der Waals surface area contributed by atoms with E-state index in [2.05, 4.69) is 0 Å². The molecule has 10 heteroatoms. The van der Waals surface area contributed by atoms with E-state index in [1.54, 1.807) is 30.3 Å². The average molecular weight is 466 g/mol. The molecule has 0 atom stereocenters. The summed E-state index contributed by atoms with van der Waals surface area (Å²) < 4.78 is 5.67. The molecule has 2 heterocycles. The van der Waals surface area contributed by atoms with Gasteiger partial charge in [0.2, 0.25) is 0 Å². The zero-order chi connectivity index (χ0) is 22.8. The number of hydrogen-bond donors (Lipinski definition) is 0. The number of hydrogen-bond acceptors (Lipinski definition) is 7. The van der Waals surface area contributed by atoms with Crippen molar-refractivity contribution in [1.29, 1.82) is 5.26 Å². The number of nitriles is 1. The van der Waals surface area contributed by atoms with E-state index < -0.39 is 16.1 Å². The number of furan rings is 1. The Morgan fingerprint density at radius 2 is 1.97 bits per heavy atom. The summed E-state index contributed by atoms with van der Waals surface area (Å²) in [6.07, 6.45) is 1.41. The Bertz CT molecular complexity index is 1340. The fourth-order valence-electron chi connectivity index (χ4n) is 3.14. The molecule has 0 spiro atoms. The number of nitrogens with zero attached hydrogens (tertiary/aromatic N) is 3. The van der Waals surface area contributed by atoms with E-state index in [4.69, 9.17) is 16.0 Å². The van der Waals surface area contributed by atoms with Crippen molar-refractivity contribution in [3.8, 4) is 17.4 Å². The van der Waals surface area contributed by atoms with Gasteiger partial charge >= 0.3 is 0 Å². The van der Waals surface area contributed by atoms with E-state index in [1.807, 2.05) is 6.07 Å². The van der Waals surface area contributed by atoms with Crippen LogP contribution in [0.4, 0.5) is 10.5 Å². The van der Waals surface area contributed by atoms with Gasteiger partial charge < -0.3 is 4.42 Å². The molecule has 0 saturated carbocycles. The molecule has 2 amide bonds. The second kappa shape index (κ2) is 8.70. The largest absolute Gasteiger partial charge is 0.456 e. The van der Waals surface area contributed by atoms with Crippen LogP contribution in [0.15, 0.2) is 63.9 Å². The predicted octanol–water partition coefficient (Wildman–Crippen LogP) is 5.62. The van der Waals surface area contributed by atoms with Gasteiger partial charge in [-0.15, -0.1) is 0 Å². The maximum Gasteiger partial charge on any atom is 0.293 e. The lowest BCUT2D eigenvalue weighted by atomic mass is 10.1. The van der Waals surface area contributed by atoms with E-state index in [9.17, 15) is 25.0 Å². The highest BCUT2D eigenvalue weighted by molar-refractivity contribution is 8.18. The second-order valence-corrected chi connectivity index (χ2v) is 8.09. The molecule has 0 bridgehead atoms. The fraction of sp³-hybridized carbons (Fsp3) is 0.0455. The van der Waals surface area contributed by atoms with Crippen molar-refractivity contribution in [2.24, 2.45) is 0 Å². The highest BCUT2D eigenvalue weighted by Crippen LogP contribution is 2.36. The van der Waals surface area contributed by atoms with Crippen molar-refractivity contribution < 1.29 is 18.9 Å². The first kappa shape index (κ1) is 21.4. The molecule has 0 aliphatic carbocycles. The minimum atomic E-state index is -0.562. The number of nitro groups is 1. The number of carbonyl (C=O) groups is 2. The van der Waals surface area contributed by atoms with Crippen molar-refractivity contribution in [1.82, 2.24) is 4.90 Å². The smallest absolute Gasteiger partial charge is 0.293 e. The maximum absolute atomic E-state index is 12.8.